The Morgan fingerprint density at radius 2 is 2.20 bits per heavy atom. The van der Waals surface area contributed by atoms with Crippen LogP contribution in [0.25, 0.3) is 0 Å². The Hall–Kier alpha value is -1.94. The van der Waals surface area contributed by atoms with Crippen molar-refractivity contribution in [2.75, 3.05) is 0 Å². The number of hydrogen-bond acceptors (Lipinski definition) is 1. The van der Waals surface area contributed by atoms with Crippen molar-refractivity contribution in [2.24, 2.45) is 7.05 Å². The number of halogens is 1. The molecule has 0 saturated heterocycles. The molecule has 2 N–H and O–H groups in total. The summed E-state index contributed by atoms with van der Waals surface area (Å²) in [6, 6.07) is 9.16. The minimum atomic E-state index is -0.193. The summed E-state index contributed by atoms with van der Waals surface area (Å²) < 4.78 is 1.95. The fourth-order valence-corrected chi connectivity index (χ4v) is 2.15. The van der Waals surface area contributed by atoms with Gasteiger partial charge in [-0.3, -0.25) is 0 Å². The third kappa shape index (κ3) is 4.03. The fraction of sp³-hybridized carbons (Fsp3) is 0.267. The third-order valence-corrected chi connectivity index (χ3v) is 3.28. The van der Waals surface area contributed by atoms with E-state index in [4.69, 9.17) is 11.6 Å². The molecule has 1 aromatic carbocycles. The van der Waals surface area contributed by atoms with Gasteiger partial charge in [-0.2, -0.15) is 0 Å². The molecule has 0 unspecified atom stereocenters. The molecule has 20 heavy (non-hydrogen) atoms. The van der Waals surface area contributed by atoms with Gasteiger partial charge in [0.2, 0.25) is 0 Å². The predicted molar refractivity (Wildman–Crippen MR) is 80.7 cm³/mol. The zero-order valence-corrected chi connectivity index (χ0v) is 12.3. The summed E-state index contributed by atoms with van der Waals surface area (Å²) in [4.78, 5) is 11.8. The second-order valence-corrected chi connectivity index (χ2v) is 5.23. The number of carbonyl (C=O) groups is 1. The first-order valence-electron chi connectivity index (χ1n) is 6.45. The first kappa shape index (κ1) is 14.5. The van der Waals surface area contributed by atoms with Crippen LogP contribution in [0, 0.1) is 0 Å². The van der Waals surface area contributed by atoms with Crippen molar-refractivity contribution in [3.05, 3.63) is 58.9 Å². The number of urea groups is 1. The Bertz CT molecular complexity index is 594. The summed E-state index contributed by atoms with van der Waals surface area (Å²) in [5.74, 6) is 0. The van der Waals surface area contributed by atoms with E-state index in [1.165, 1.54) is 0 Å². The number of hydrogen-bond donors (Lipinski definition) is 2. The number of carbonyl (C=O) groups excluding carboxylic acids is 1. The molecular formula is C15H18ClN3O. The first-order valence-corrected chi connectivity index (χ1v) is 6.83. The van der Waals surface area contributed by atoms with E-state index in [0.717, 1.165) is 11.1 Å². The van der Waals surface area contributed by atoms with Gasteiger partial charge in [0.15, 0.2) is 0 Å². The molecule has 106 valence electrons. The van der Waals surface area contributed by atoms with Crippen LogP contribution < -0.4 is 10.6 Å². The van der Waals surface area contributed by atoms with Crippen LogP contribution in [0.3, 0.4) is 0 Å². The van der Waals surface area contributed by atoms with Crippen molar-refractivity contribution in [1.29, 1.82) is 0 Å². The molecule has 2 amide bonds. The number of rotatable bonds is 4. The Labute approximate surface area is 123 Å². The quantitative estimate of drug-likeness (QED) is 0.892. The van der Waals surface area contributed by atoms with E-state index in [2.05, 4.69) is 10.6 Å². The molecule has 2 rings (SSSR count). The van der Waals surface area contributed by atoms with E-state index in [1.54, 1.807) is 0 Å². The van der Waals surface area contributed by atoms with Crippen LogP contribution in [0.15, 0.2) is 42.7 Å². The summed E-state index contributed by atoms with van der Waals surface area (Å²) in [6.45, 7) is 2.43. The summed E-state index contributed by atoms with van der Waals surface area (Å²) >= 11 is 5.94. The van der Waals surface area contributed by atoms with Gasteiger partial charge < -0.3 is 15.2 Å². The predicted octanol–water partition coefficient (Wildman–Crippen LogP) is 3.24. The lowest BCUT2D eigenvalue weighted by Gasteiger charge is -2.15. The number of amides is 2. The minimum Gasteiger partial charge on any atom is -0.357 e. The number of nitrogens with one attached hydrogen (secondary N) is 2. The van der Waals surface area contributed by atoms with Crippen LogP contribution >= 0.6 is 11.6 Å². The summed E-state index contributed by atoms with van der Waals surface area (Å²) in [6.07, 6.45) is 3.92. The third-order valence-electron chi connectivity index (χ3n) is 3.04. The number of aryl methyl sites for hydroxylation is 1. The summed E-state index contributed by atoms with van der Waals surface area (Å²) in [5.41, 5.74) is 2.05. The molecule has 0 bridgehead atoms. The van der Waals surface area contributed by atoms with Gasteiger partial charge in [0.05, 0.1) is 6.04 Å². The van der Waals surface area contributed by atoms with Crippen molar-refractivity contribution in [2.45, 2.75) is 19.5 Å². The Morgan fingerprint density at radius 3 is 2.85 bits per heavy atom. The minimum absolute atomic E-state index is 0.0931. The van der Waals surface area contributed by atoms with Crippen LogP contribution in [0.5, 0.6) is 0 Å². The topological polar surface area (TPSA) is 46.1 Å². The van der Waals surface area contributed by atoms with Crippen molar-refractivity contribution in [3.8, 4) is 0 Å². The second kappa shape index (κ2) is 6.48. The van der Waals surface area contributed by atoms with E-state index in [9.17, 15) is 4.79 Å². The molecule has 4 nitrogen and oxygen atoms in total. The molecule has 0 aliphatic rings. The molecule has 1 heterocycles. The van der Waals surface area contributed by atoms with Gasteiger partial charge in [-0.15, -0.1) is 0 Å². The first-order chi connectivity index (χ1) is 9.54. The van der Waals surface area contributed by atoms with E-state index in [1.807, 2.05) is 61.3 Å². The summed E-state index contributed by atoms with van der Waals surface area (Å²) in [5, 5.41) is 6.38. The molecular weight excluding hydrogens is 274 g/mol. The van der Waals surface area contributed by atoms with Gasteiger partial charge in [0, 0.05) is 31.0 Å². The lowest BCUT2D eigenvalue weighted by Crippen LogP contribution is -2.36. The standard InChI is InChI=1S/C15H18ClN3O/c1-11(13-4-3-5-14(16)8-13)18-15(20)17-9-12-6-7-19(2)10-12/h3-8,10-11H,9H2,1-2H3,(H2,17,18,20)/t11-/m1/s1. The van der Waals surface area contributed by atoms with Crippen LogP contribution in [0.4, 0.5) is 4.79 Å². The highest BCUT2D eigenvalue weighted by Crippen LogP contribution is 2.17. The van der Waals surface area contributed by atoms with E-state index in [-0.39, 0.29) is 12.1 Å². The lowest BCUT2D eigenvalue weighted by atomic mass is 10.1. The Morgan fingerprint density at radius 1 is 1.40 bits per heavy atom. The maximum atomic E-state index is 11.8. The van der Waals surface area contributed by atoms with E-state index in [0.29, 0.717) is 11.6 Å². The highest BCUT2D eigenvalue weighted by Gasteiger charge is 2.09. The zero-order valence-electron chi connectivity index (χ0n) is 11.6. The molecule has 0 fully saturated rings. The molecule has 0 saturated carbocycles. The molecule has 0 aliphatic heterocycles. The van der Waals surface area contributed by atoms with Gasteiger partial charge in [-0.25, -0.2) is 4.79 Å². The molecule has 5 heteroatoms. The summed E-state index contributed by atoms with van der Waals surface area (Å²) in [7, 11) is 1.95. The molecule has 0 aliphatic carbocycles. The molecule has 0 radical (unpaired) electrons. The largest absolute Gasteiger partial charge is 0.357 e. The van der Waals surface area contributed by atoms with Crippen molar-refractivity contribution in [3.63, 3.8) is 0 Å². The highest BCUT2D eigenvalue weighted by atomic mass is 35.5. The number of benzene rings is 1. The van der Waals surface area contributed by atoms with Crippen molar-refractivity contribution >= 4 is 17.6 Å². The average Bonchev–Trinajstić information content (AvgIpc) is 2.82. The van der Waals surface area contributed by atoms with Crippen LogP contribution in [0.2, 0.25) is 5.02 Å². The van der Waals surface area contributed by atoms with Crippen LogP contribution in [0.1, 0.15) is 24.1 Å². The van der Waals surface area contributed by atoms with Gasteiger partial charge in [0.25, 0.3) is 0 Å². The van der Waals surface area contributed by atoms with Crippen LogP contribution in [-0.4, -0.2) is 10.6 Å². The number of aromatic nitrogens is 1. The maximum Gasteiger partial charge on any atom is 0.315 e. The van der Waals surface area contributed by atoms with Gasteiger partial charge in [0.1, 0.15) is 0 Å². The molecule has 2 aromatic rings. The molecule has 1 aromatic heterocycles. The zero-order chi connectivity index (χ0) is 14.5. The lowest BCUT2D eigenvalue weighted by molar-refractivity contribution is 0.237. The van der Waals surface area contributed by atoms with Crippen LogP contribution in [-0.2, 0) is 13.6 Å². The Kier molecular flexibility index (Phi) is 4.69. The Balaban J connectivity index is 1.85. The average molecular weight is 292 g/mol. The maximum absolute atomic E-state index is 11.8. The van der Waals surface area contributed by atoms with Gasteiger partial charge in [-0.1, -0.05) is 23.7 Å². The fourth-order valence-electron chi connectivity index (χ4n) is 1.95. The smallest absolute Gasteiger partial charge is 0.315 e. The molecule has 1 atom stereocenters. The van der Waals surface area contributed by atoms with Gasteiger partial charge in [-0.05, 0) is 36.2 Å². The van der Waals surface area contributed by atoms with Crippen molar-refractivity contribution < 1.29 is 4.79 Å². The van der Waals surface area contributed by atoms with E-state index < -0.39 is 0 Å². The van der Waals surface area contributed by atoms with E-state index >= 15 is 0 Å². The molecule has 0 spiro atoms. The monoisotopic (exact) mass is 291 g/mol. The highest BCUT2D eigenvalue weighted by molar-refractivity contribution is 6.30. The normalized spacial score (nSPS) is 11.9. The SMILES string of the molecule is C[C@@H](NC(=O)NCc1ccn(C)c1)c1cccc(Cl)c1. The van der Waals surface area contributed by atoms with Gasteiger partial charge >= 0.3 is 6.03 Å². The second-order valence-electron chi connectivity index (χ2n) is 4.79. The van der Waals surface area contributed by atoms with Crippen molar-refractivity contribution in [1.82, 2.24) is 15.2 Å². The number of nitrogens with zero attached hydrogens (tertiary/aromatic N) is 1.